The van der Waals surface area contributed by atoms with E-state index in [1.54, 1.807) is 0 Å². The highest BCUT2D eigenvalue weighted by atomic mass is 19.1. The smallest absolute Gasteiger partial charge is 0.328 e. The van der Waals surface area contributed by atoms with E-state index >= 15 is 0 Å². The van der Waals surface area contributed by atoms with Crippen LogP contribution >= 0.6 is 0 Å². The zero-order valence-corrected chi connectivity index (χ0v) is 10.7. The molecule has 0 saturated carbocycles. The fourth-order valence-electron chi connectivity index (χ4n) is 1.53. The molecule has 1 aromatic heterocycles. The average Bonchev–Trinajstić information content (AvgIpc) is 2.48. The summed E-state index contributed by atoms with van der Waals surface area (Å²) >= 11 is 0. The third-order valence-corrected chi connectivity index (χ3v) is 2.48. The summed E-state index contributed by atoms with van der Waals surface area (Å²) in [5, 5.41) is 11.1. The van der Waals surface area contributed by atoms with Crippen molar-refractivity contribution in [2.45, 2.75) is 0 Å². The first-order chi connectivity index (χ1) is 10.1. The van der Waals surface area contributed by atoms with Crippen LogP contribution in [0.2, 0.25) is 0 Å². The van der Waals surface area contributed by atoms with E-state index in [4.69, 9.17) is 5.11 Å². The summed E-state index contributed by atoms with van der Waals surface area (Å²) in [5.41, 5.74) is 0.638. The fourth-order valence-corrected chi connectivity index (χ4v) is 1.53. The number of nitrogens with one attached hydrogen (secondary N) is 1. The van der Waals surface area contributed by atoms with Gasteiger partial charge in [0.25, 0.3) is 5.91 Å². The molecule has 1 heterocycles. The van der Waals surface area contributed by atoms with Crippen LogP contribution in [0.4, 0.5) is 10.1 Å². The van der Waals surface area contributed by atoms with Crippen molar-refractivity contribution in [3.8, 4) is 0 Å². The highest BCUT2D eigenvalue weighted by Gasteiger charge is 2.08. The van der Waals surface area contributed by atoms with E-state index in [-0.39, 0.29) is 11.1 Å². The van der Waals surface area contributed by atoms with Crippen molar-refractivity contribution in [2.24, 2.45) is 0 Å². The quantitative estimate of drug-likeness (QED) is 0.839. The van der Waals surface area contributed by atoms with Crippen LogP contribution in [0.1, 0.15) is 15.9 Å². The van der Waals surface area contributed by atoms with Gasteiger partial charge in [0.05, 0.1) is 5.56 Å². The first kappa shape index (κ1) is 14.3. The maximum absolute atomic E-state index is 13.5. The summed E-state index contributed by atoms with van der Waals surface area (Å²) in [7, 11) is 0. The third-order valence-electron chi connectivity index (χ3n) is 2.48. The number of aliphatic carboxylic acids is 1. The van der Waals surface area contributed by atoms with Gasteiger partial charge in [0.15, 0.2) is 0 Å². The average molecular weight is 287 g/mol. The van der Waals surface area contributed by atoms with Crippen LogP contribution in [0.5, 0.6) is 0 Å². The molecule has 1 amide bonds. The van der Waals surface area contributed by atoms with Gasteiger partial charge < -0.3 is 10.4 Å². The second-order valence-electron chi connectivity index (χ2n) is 3.99. The minimum atomic E-state index is -1.19. The zero-order chi connectivity index (χ0) is 15.2. The van der Waals surface area contributed by atoms with Crippen LogP contribution in [0.3, 0.4) is 0 Å². The SMILES string of the molecule is O=C(O)/C=C/c1cc(NC(=O)c2cncnc2)ccc1F. The van der Waals surface area contributed by atoms with Gasteiger partial charge in [-0.3, -0.25) is 4.79 Å². The van der Waals surface area contributed by atoms with Crippen LogP contribution in [0.25, 0.3) is 6.08 Å². The second-order valence-corrected chi connectivity index (χ2v) is 3.99. The number of halogens is 1. The van der Waals surface area contributed by atoms with E-state index in [2.05, 4.69) is 15.3 Å². The Hall–Kier alpha value is -3.09. The number of hydrogen-bond acceptors (Lipinski definition) is 4. The number of nitrogens with zero attached hydrogens (tertiary/aromatic N) is 2. The molecule has 0 aliphatic rings. The Morgan fingerprint density at radius 2 is 1.95 bits per heavy atom. The van der Waals surface area contributed by atoms with Crippen molar-refractivity contribution in [3.05, 3.63) is 59.9 Å². The molecule has 6 nitrogen and oxygen atoms in total. The number of hydrogen-bond donors (Lipinski definition) is 2. The molecular weight excluding hydrogens is 277 g/mol. The van der Waals surface area contributed by atoms with Crippen molar-refractivity contribution in [1.82, 2.24) is 9.97 Å². The Morgan fingerprint density at radius 1 is 1.24 bits per heavy atom. The van der Waals surface area contributed by atoms with Gasteiger partial charge in [-0.1, -0.05) is 0 Å². The predicted molar refractivity (Wildman–Crippen MR) is 73.1 cm³/mol. The number of aromatic nitrogens is 2. The first-order valence-electron chi connectivity index (χ1n) is 5.83. The predicted octanol–water partition coefficient (Wildman–Crippen LogP) is 1.97. The normalized spacial score (nSPS) is 10.5. The summed E-state index contributed by atoms with van der Waals surface area (Å²) in [6, 6.07) is 3.84. The van der Waals surface area contributed by atoms with Gasteiger partial charge in [-0.15, -0.1) is 0 Å². The van der Waals surface area contributed by atoms with Gasteiger partial charge in [0, 0.05) is 29.7 Å². The van der Waals surface area contributed by atoms with Crippen LogP contribution in [0, 0.1) is 5.82 Å². The largest absolute Gasteiger partial charge is 0.478 e. The minimum Gasteiger partial charge on any atom is -0.478 e. The number of carboxylic acid groups (broad SMARTS) is 1. The molecule has 0 spiro atoms. The molecule has 0 unspecified atom stereocenters. The summed E-state index contributed by atoms with van der Waals surface area (Å²) < 4.78 is 13.5. The number of carboxylic acids is 1. The fraction of sp³-hybridized carbons (Fsp3) is 0. The van der Waals surface area contributed by atoms with Crippen molar-refractivity contribution in [2.75, 3.05) is 5.32 Å². The second kappa shape index (κ2) is 6.38. The van der Waals surface area contributed by atoms with Crippen molar-refractivity contribution in [1.29, 1.82) is 0 Å². The minimum absolute atomic E-state index is 0.0551. The lowest BCUT2D eigenvalue weighted by atomic mass is 10.1. The molecule has 106 valence electrons. The Balaban J connectivity index is 2.19. The third kappa shape index (κ3) is 3.93. The molecule has 0 saturated heterocycles. The number of anilines is 1. The summed E-state index contributed by atoms with van der Waals surface area (Å²) in [6.07, 6.45) is 5.91. The highest BCUT2D eigenvalue weighted by molar-refractivity contribution is 6.04. The molecule has 2 rings (SSSR count). The molecule has 0 atom stereocenters. The Bertz CT molecular complexity index is 702. The topological polar surface area (TPSA) is 92.2 Å². The van der Waals surface area contributed by atoms with Crippen LogP contribution in [-0.4, -0.2) is 27.0 Å². The van der Waals surface area contributed by atoms with Gasteiger partial charge in [-0.25, -0.2) is 19.2 Å². The molecule has 2 N–H and O–H groups in total. The summed E-state index contributed by atoms with van der Waals surface area (Å²) in [5.74, 6) is -2.23. The van der Waals surface area contributed by atoms with Gasteiger partial charge in [-0.05, 0) is 24.3 Å². The van der Waals surface area contributed by atoms with Crippen molar-refractivity contribution >= 4 is 23.6 Å². The van der Waals surface area contributed by atoms with Gasteiger partial charge in [0.2, 0.25) is 0 Å². The first-order valence-corrected chi connectivity index (χ1v) is 5.83. The zero-order valence-electron chi connectivity index (χ0n) is 10.7. The van der Waals surface area contributed by atoms with Gasteiger partial charge >= 0.3 is 5.97 Å². The highest BCUT2D eigenvalue weighted by Crippen LogP contribution is 2.17. The lowest BCUT2D eigenvalue weighted by Crippen LogP contribution is -2.12. The molecular formula is C14H10FN3O3. The number of carbonyl (C=O) groups is 2. The van der Waals surface area contributed by atoms with E-state index in [1.165, 1.54) is 30.9 Å². The number of carbonyl (C=O) groups excluding carboxylic acids is 1. The maximum Gasteiger partial charge on any atom is 0.328 e. The van der Waals surface area contributed by atoms with Crippen LogP contribution in [0.15, 0.2) is 43.0 Å². The molecule has 7 heteroatoms. The molecule has 0 aliphatic heterocycles. The maximum atomic E-state index is 13.5. The molecule has 0 aliphatic carbocycles. The Labute approximate surface area is 119 Å². The van der Waals surface area contributed by atoms with E-state index in [1.807, 2.05) is 0 Å². The number of rotatable bonds is 4. The van der Waals surface area contributed by atoms with E-state index < -0.39 is 17.7 Å². The molecule has 1 aromatic carbocycles. The summed E-state index contributed by atoms with van der Waals surface area (Å²) in [4.78, 5) is 29.8. The van der Waals surface area contributed by atoms with Crippen LogP contribution < -0.4 is 5.32 Å². The molecule has 0 fully saturated rings. The Morgan fingerprint density at radius 3 is 2.62 bits per heavy atom. The monoisotopic (exact) mass is 287 g/mol. The Kier molecular flexibility index (Phi) is 4.35. The lowest BCUT2D eigenvalue weighted by molar-refractivity contribution is -0.131. The van der Waals surface area contributed by atoms with Crippen LogP contribution in [-0.2, 0) is 4.79 Å². The van der Waals surface area contributed by atoms with Crippen molar-refractivity contribution < 1.29 is 19.1 Å². The summed E-state index contributed by atoms with van der Waals surface area (Å²) in [6.45, 7) is 0. The van der Waals surface area contributed by atoms with Gasteiger partial charge in [0.1, 0.15) is 12.1 Å². The lowest BCUT2D eigenvalue weighted by Gasteiger charge is -2.06. The molecule has 21 heavy (non-hydrogen) atoms. The number of amides is 1. The van der Waals surface area contributed by atoms with E-state index in [0.717, 1.165) is 18.2 Å². The van der Waals surface area contributed by atoms with E-state index in [0.29, 0.717) is 5.69 Å². The standard InChI is InChI=1S/C14H10FN3O3/c15-12-3-2-11(5-9(12)1-4-13(19)20)18-14(21)10-6-16-8-17-7-10/h1-8H,(H,18,21)(H,19,20)/b4-1+. The molecule has 0 bridgehead atoms. The van der Waals surface area contributed by atoms with E-state index in [9.17, 15) is 14.0 Å². The van der Waals surface area contributed by atoms with Gasteiger partial charge in [-0.2, -0.15) is 0 Å². The number of benzene rings is 1. The molecule has 2 aromatic rings. The van der Waals surface area contributed by atoms with Crippen molar-refractivity contribution in [3.63, 3.8) is 0 Å². The molecule has 0 radical (unpaired) electrons.